The molecule has 2 heterocycles. The van der Waals surface area contributed by atoms with Crippen molar-refractivity contribution in [3.8, 4) is 0 Å². The molecule has 0 amide bonds. The van der Waals surface area contributed by atoms with Crippen LogP contribution in [0.2, 0.25) is 0 Å². The van der Waals surface area contributed by atoms with E-state index in [4.69, 9.17) is 0 Å². The summed E-state index contributed by atoms with van der Waals surface area (Å²) in [6.07, 6.45) is 3.13. The summed E-state index contributed by atoms with van der Waals surface area (Å²) in [5.41, 5.74) is 5.73. The number of hydrogen-bond donors (Lipinski definition) is 1. The van der Waals surface area contributed by atoms with E-state index in [9.17, 15) is 9.18 Å². The maximum Gasteiger partial charge on any atom is 0.162 e. The van der Waals surface area contributed by atoms with Crippen LogP contribution in [0.15, 0.2) is 60.3 Å². The van der Waals surface area contributed by atoms with Gasteiger partial charge in [0.15, 0.2) is 5.78 Å². The largest absolute Gasteiger partial charge is 0.373 e. The number of hydrogen-bond acceptors (Lipinski definition) is 3. The Morgan fingerprint density at radius 2 is 1.86 bits per heavy atom. The third kappa shape index (κ3) is 2.63. The lowest BCUT2D eigenvalue weighted by molar-refractivity contribution is -0.118. The summed E-state index contributed by atoms with van der Waals surface area (Å²) < 4.78 is 13.5. The molecule has 3 aromatic rings. The van der Waals surface area contributed by atoms with Crippen molar-refractivity contribution in [3.63, 3.8) is 0 Å². The van der Waals surface area contributed by atoms with E-state index in [1.165, 1.54) is 12.1 Å². The molecule has 0 bridgehead atoms. The molecule has 0 fully saturated rings. The zero-order valence-electron chi connectivity index (χ0n) is 15.9. The number of benzene rings is 2. The second-order valence-electron chi connectivity index (χ2n) is 8.52. The first-order chi connectivity index (χ1) is 13.4. The molecule has 140 valence electrons. The molecule has 1 aromatic heterocycles. The molecule has 1 aliphatic heterocycles. The molecular weight excluding hydrogens is 351 g/mol. The summed E-state index contributed by atoms with van der Waals surface area (Å²) in [6.45, 7) is 4.29. The van der Waals surface area contributed by atoms with Gasteiger partial charge in [0.2, 0.25) is 0 Å². The van der Waals surface area contributed by atoms with Crippen LogP contribution >= 0.6 is 0 Å². The first-order valence-electron chi connectivity index (χ1n) is 9.59. The molecule has 0 spiro atoms. The monoisotopic (exact) mass is 372 g/mol. The molecule has 1 N–H and O–H groups in total. The van der Waals surface area contributed by atoms with Gasteiger partial charge in [-0.2, -0.15) is 0 Å². The van der Waals surface area contributed by atoms with Gasteiger partial charge in [0.25, 0.3) is 0 Å². The number of pyridine rings is 1. The van der Waals surface area contributed by atoms with Crippen LogP contribution < -0.4 is 5.32 Å². The van der Waals surface area contributed by atoms with Gasteiger partial charge >= 0.3 is 0 Å². The molecule has 28 heavy (non-hydrogen) atoms. The lowest BCUT2D eigenvalue weighted by Crippen LogP contribution is -2.33. The third-order valence-corrected chi connectivity index (χ3v) is 5.80. The average Bonchev–Trinajstić information content (AvgIpc) is 2.66. The number of nitrogens with one attached hydrogen (secondary N) is 1. The highest BCUT2D eigenvalue weighted by Crippen LogP contribution is 2.51. The van der Waals surface area contributed by atoms with Crippen LogP contribution in [0.1, 0.15) is 43.9 Å². The Hall–Kier alpha value is -3.01. The van der Waals surface area contributed by atoms with Gasteiger partial charge in [-0.15, -0.1) is 0 Å². The van der Waals surface area contributed by atoms with Crippen molar-refractivity contribution in [2.75, 3.05) is 5.32 Å². The van der Waals surface area contributed by atoms with Gasteiger partial charge < -0.3 is 5.32 Å². The highest BCUT2D eigenvalue weighted by molar-refractivity contribution is 6.12. The summed E-state index contributed by atoms with van der Waals surface area (Å²) >= 11 is 0. The van der Waals surface area contributed by atoms with Crippen molar-refractivity contribution in [1.82, 2.24) is 4.98 Å². The fourth-order valence-electron chi connectivity index (χ4n) is 4.62. The number of carbonyl (C=O) groups is 1. The van der Waals surface area contributed by atoms with Gasteiger partial charge in [0.1, 0.15) is 5.82 Å². The lowest BCUT2D eigenvalue weighted by Gasteiger charge is -2.40. The van der Waals surface area contributed by atoms with E-state index < -0.39 is 0 Å². The van der Waals surface area contributed by atoms with E-state index in [-0.39, 0.29) is 23.1 Å². The molecule has 4 heteroatoms. The minimum atomic E-state index is -0.276. The quantitative estimate of drug-likeness (QED) is 0.597. The Morgan fingerprint density at radius 1 is 1.07 bits per heavy atom. The number of carbonyl (C=O) groups excluding carboxylic acids is 1. The minimum Gasteiger partial charge on any atom is -0.373 e. The Bertz CT molecular complexity index is 1140. The predicted molar refractivity (Wildman–Crippen MR) is 109 cm³/mol. The van der Waals surface area contributed by atoms with E-state index in [1.54, 1.807) is 18.3 Å². The molecule has 0 saturated heterocycles. The number of rotatable bonds is 1. The van der Waals surface area contributed by atoms with Crippen LogP contribution in [0, 0.1) is 11.2 Å². The molecule has 1 unspecified atom stereocenters. The van der Waals surface area contributed by atoms with Crippen LogP contribution in [0.25, 0.3) is 16.5 Å². The normalized spacial score (nSPS) is 20.5. The Morgan fingerprint density at radius 3 is 2.64 bits per heavy atom. The molecule has 3 nitrogen and oxygen atoms in total. The number of halogens is 1. The molecule has 5 rings (SSSR count). The van der Waals surface area contributed by atoms with E-state index in [0.717, 1.165) is 45.3 Å². The van der Waals surface area contributed by atoms with Crippen LogP contribution in [-0.4, -0.2) is 10.8 Å². The maximum atomic E-state index is 13.5. The van der Waals surface area contributed by atoms with Gasteiger partial charge in [0.05, 0.1) is 11.6 Å². The molecule has 0 saturated carbocycles. The molecule has 2 aromatic carbocycles. The van der Waals surface area contributed by atoms with Crippen LogP contribution in [0.5, 0.6) is 0 Å². The number of ketones is 1. The second-order valence-corrected chi connectivity index (χ2v) is 8.52. The van der Waals surface area contributed by atoms with Gasteiger partial charge in [-0.1, -0.05) is 32.0 Å². The van der Waals surface area contributed by atoms with Crippen molar-refractivity contribution in [1.29, 1.82) is 0 Å². The summed E-state index contributed by atoms with van der Waals surface area (Å²) in [7, 11) is 0. The molecule has 0 radical (unpaired) electrons. The summed E-state index contributed by atoms with van der Waals surface area (Å²) in [4.78, 5) is 17.7. The highest BCUT2D eigenvalue weighted by Gasteiger charge is 2.40. The fraction of sp³-hybridized carbons (Fsp3) is 0.250. The molecule has 1 aliphatic carbocycles. The van der Waals surface area contributed by atoms with Crippen molar-refractivity contribution >= 4 is 27.9 Å². The zero-order valence-corrected chi connectivity index (χ0v) is 15.9. The summed E-state index contributed by atoms with van der Waals surface area (Å²) in [5, 5.41) is 4.61. The molecule has 2 aliphatic rings. The summed E-state index contributed by atoms with van der Waals surface area (Å²) in [5.74, 6) is -0.109. The smallest absolute Gasteiger partial charge is 0.162 e. The van der Waals surface area contributed by atoms with Crippen molar-refractivity contribution in [2.45, 2.75) is 32.7 Å². The van der Waals surface area contributed by atoms with Gasteiger partial charge in [0, 0.05) is 34.8 Å². The Balaban J connectivity index is 1.79. The number of anilines is 1. The van der Waals surface area contributed by atoms with Gasteiger partial charge in [-0.3, -0.25) is 9.78 Å². The van der Waals surface area contributed by atoms with Crippen molar-refractivity contribution in [2.24, 2.45) is 5.41 Å². The third-order valence-electron chi connectivity index (χ3n) is 5.80. The van der Waals surface area contributed by atoms with Crippen LogP contribution in [-0.2, 0) is 4.79 Å². The standard InChI is InChI=1S/C24H21FN2O/c1-24(2)12-17-21-16-4-3-11-26-18(16)9-10-19(21)27-23(22(17)20(28)13-24)14-5-7-15(25)8-6-14/h3-11,23,27H,12-13H2,1-2H3. The first kappa shape index (κ1) is 17.1. The second kappa shape index (κ2) is 5.99. The number of nitrogens with zero attached hydrogens (tertiary/aromatic N) is 1. The van der Waals surface area contributed by atoms with Crippen molar-refractivity contribution < 1.29 is 9.18 Å². The highest BCUT2D eigenvalue weighted by atomic mass is 19.1. The van der Waals surface area contributed by atoms with E-state index >= 15 is 0 Å². The topological polar surface area (TPSA) is 42.0 Å². The first-order valence-corrected chi connectivity index (χ1v) is 9.59. The minimum absolute atomic E-state index is 0.0950. The Kier molecular flexibility index (Phi) is 3.66. The number of Topliss-reactive ketones (excluding diaryl/α,β-unsaturated/α-hetero) is 1. The Labute approximate surface area is 163 Å². The summed E-state index contributed by atoms with van der Waals surface area (Å²) in [6, 6.07) is 14.2. The van der Waals surface area contributed by atoms with Crippen molar-refractivity contribution in [3.05, 3.63) is 77.2 Å². The fourth-order valence-corrected chi connectivity index (χ4v) is 4.62. The zero-order chi connectivity index (χ0) is 19.5. The average molecular weight is 372 g/mol. The maximum absolute atomic E-state index is 13.5. The molecular formula is C24H21FN2O. The number of allylic oxidation sites excluding steroid dienone is 1. The molecule has 1 atom stereocenters. The van der Waals surface area contributed by atoms with E-state index in [0.29, 0.717) is 6.42 Å². The SMILES string of the molecule is CC1(C)CC(=O)C2=C(C1)c1c(ccc3ncccc13)NC2c1ccc(F)cc1. The lowest BCUT2D eigenvalue weighted by atomic mass is 9.68. The van der Waals surface area contributed by atoms with E-state index in [1.807, 2.05) is 18.2 Å². The van der Waals surface area contributed by atoms with Gasteiger partial charge in [-0.05, 0) is 53.3 Å². The predicted octanol–water partition coefficient (Wildman–Crippen LogP) is 5.68. The van der Waals surface area contributed by atoms with Crippen LogP contribution in [0.4, 0.5) is 10.1 Å². The van der Waals surface area contributed by atoms with Crippen LogP contribution in [0.3, 0.4) is 0 Å². The van der Waals surface area contributed by atoms with Gasteiger partial charge in [-0.25, -0.2) is 4.39 Å². The van der Waals surface area contributed by atoms with E-state index in [2.05, 4.69) is 30.2 Å². The number of aromatic nitrogens is 1. The number of fused-ring (bicyclic) bond motifs is 4.